The quantitative estimate of drug-likeness (QED) is 0.901. The molecule has 0 unspecified atom stereocenters. The maximum atomic E-state index is 12.5. The van der Waals surface area contributed by atoms with Crippen LogP contribution in [0.1, 0.15) is 35.9 Å². The van der Waals surface area contributed by atoms with Crippen molar-refractivity contribution in [3.63, 3.8) is 0 Å². The first kappa shape index (κ1) is 14.6. The third kappa shape index (κ3) is 2.69. The van der Waals surface area contributed by atoms with Crippen molar-refractivity contribution in [3.05, 3.63) is 17.5 Å². The molecule has 110 valence electrons. The zero-order valence-corrected chi connectivity index (χ0v) is 12.2. The van der Waals surface area contributed by atoms with Crippen molar-refractivity contribution in [1.82, 2.24) is 14.7 Å². The summed E-state index contributed by atoms with van der Waals surface area (Å²) >= 11 is 0. The molecule has 1 amide bonds. The fraction of sp³-hybridized carbons (Fsp3) is 0.643. The Hall–Kier alpha value is -1.85. The predicted octanol–water partition coefficient (Wildman–Crippen LogP) is 1.30. The lowest BCUT2D eigenvalue weighted by Gasteiger charge is -2.16. The van der Waals surface area contributed by atoms with E-state index in [0.717, 1.165) is 18.5 Å². The Kier molecular flexibility index (Phi) is 4.11. The molecular formula is C14H21N3O3. The highest BCUT2D eigenvalue weighted by Crippen LogP contribution is 2.28. The van der Waals surface area contributed by atoms with E-state index >= 15 is 0 Å². The molecule has 2 atom stereocenters. The normalized spacial score (nSPS) is 22.2. The fourth-order valence-electron chi connectivity index (χ4n) is 2.95. The van der Waals surface area contributed by atoms with Crippen molar-refractivity contribution < 1.29 is 14.7 Å². The van der Waals surface area contributed by atoms with Crippen LogP contribution in [-0.2, 0) is 11.8 Å². The smallest absolute Gasteiger partial charge is 0.308 e. The number of carboxylic acids is 1. The van der Waals surface area contributed by atoms with Crippen LogP contribution in [-0.4, -0.2) is 44.8 Å². The van der Waals surface area contributed by atoms with Crippen molar-refractivity contribution in [1.29, 1.82) is 0 Å². The number of aryl methyl sites for hydroxylation is 2. The molecule has 2 heterocycles. The van der Waals surface area contributed by atoms with Crippen LogP contribution in [0, 0.1) is 18.8 Å². The van der Waals surface area contributed by atoms with Gasteiger partial charge in [0, 0.05) is 20.1 Å². The van der Waals surface area contributed by atoms with Gasteiger partial charge in [0.1, 0.15) is 5.69 Å². The van der Waals surface area contributed by atoms with Gasteiger partial charge in [0.25, 0.3) is 5.91 Å². The summed E-state index contributed by atoms with van der Waals surface area (Å²) in [6.45, 7) is 4.69. The van der Waals surface area contributed by atoms with Crippen LogP contribution in [0.15, 0.2) is 6.07 Å². The third-order valence-electron chi connectivity index (χ3n) is 3.93. The summed E-state index contributed by atoms with van der Waals surface area (Å²) in [7, 11) is 1.73. The lowest BCUT2D eigenvalue weighted by Crippen LogP contribution is -2.31. The first-order valence-corrected chi connectivity index (χ1v) is 6.96. The molecule has 0 aliphatic carbocycles. The maximum absolute atomic E-state index is 12.5. The Balaban J connectivity index is 2.16. The van der Waals surface area contributed by atoms with E-state index in [1.165, 1.54) is 0 Å². The van der Waals surface area contributed by atoms with Crippen LogP contribution in [0.4, 0.5) is 0 Å². The molecule has 0 radical (unpaired) electrons. The van der Waals surface area contributed by atoms with E-state index in [-0.39, 0.29) is 11.8 Å². The number of carbonyl (C=O) groups is 2. The maximum Gasteiger partial charge on any atom is 0.308 e. The summed E-state index contributed by atoms with van der Waals surface area (Å²) < 4.78 is 1.56. The molecule has 0 spiro atoms. The van der Waals surface area contributed by atoms with Gasteiger partial charge in [-0.3, -0.25) is 14.3 Å². The molecule has 1 N–H and O–H groups in total. The average molecular weight is 279 g/mol. The highest BCUT2D eigenvalue weighted by Gasteiger charge is 2.39. The van der Waals surface area contributed by atoms with Gasteiger partial charge in [-0.15, -0.1) is 0 Å². The average Bonchev–Trinajstić information content (AvgIpc) is 2.93. The molecule has 0 aromatic carbocycles. The number of hydrogen-bond acceptors (Lipinski definition) is 3. The number of rotatable bonds is 4. The van der Waals surface area contributed by atoms with Crippen LogP contribution in [0.25, 0.3) is 0 Å². The second-order valence-corrected chi connectivity index (χ2v) is 5.50. The Morgan fingerprint density at radius 3 is 2.65 bits per heavy atom. The first-order chi connectivity index (χ1) is 9.43. The highest BCUT2D eigenvalue weighted by molar-refractivity contribution is 5.93. The van der Waals surface area contributed by atoms with Crippen molar-refractivity contribution in [2.45, 2.75) is 26.7 Å². The molecule has 1 fully saturated rings. The van der Waals surface area contributed by atoms with Gasteiger partial charge in [-0.1, -0.05) is 13.3 Å². The molecule has 20 heavy (non-hydrogen) atoms. The summed E-state index contributed by atoms with van der Waals surface area (Å²) in [5.41, 5.74) is 1.30. The monoisotopic (exact) mass is 279 g/mol. The van der Waals surface area contributed by atoms with E-state index in [1.54, 1.807) is 22.7 Å². The summed E-state index contributed by atoms with van der Waals surface area (Å²) in [4.78, 5) is 25.4. The molecule has 1 aromatic heterocycles. The largest absolute Gasteiger partial charge is 0.481 e. The van der Waals surface area contributed by atoms with Crippen LogP contribution in [0.2, 0.25) is 0 Å². The number of amides is 1. The number of hydrogen-bond donors (Lipinski definition) is 1. The molecule has 2 rings (SSSR count). The van der Waals surface area contributed by atoms with Gasteiger partial charge in [-0.05, 0) is 25.3 Å². The predicted molar refractivity (Wildman–Crippen MR) is 73.4 cm³/mol. The van der Waals surface area contributed by atoms with Crippen LogP contribution < -0.4 is 0 Å². The van der Waals surface area contributed by atoms with E-state index in [9.17, 15) is 14.7 Å². The SMILES string of the molecule is CCC[C@@H]1CN(C(=O)c2cc(C)nn2C)C[C@H]1C(=O)O. The third-order valence-corrected chi connectivity index (χ3v) is 3.93. The fourth-order valence-corrected chi connectivity index (χ4v) is 2.95. The van der Waals surface area contributed by atoms with Gasteiger partial charge in [-0.2, -0.15) is 5.10 Å². The van der Waals surface area contributed by atoms with Gasteiger partial charge in [0.05, 0.1) is 11.6 Å². The number of aliphatic carboxylic acids is 1. The Labute approximate surface area is 118 Å². The minimum absolute atomic E-state index is 0.0516. The van der Waals surface area contributed by atoms with E-state index in [1.807, 2.05) is 13.8 Å². The number of likely N-dealkylation sites (tertiary alicyclic amines) is 1. The molecule has 1 saturated heterocycles. The van der Waals surface area contributed by atoms with Crippen LogP contribution in [0.5, 0.6) is 0 Å². The number of nitrogens with zero attached hydrogens (tertiary/aromatic N) is 3. The lowest BCUT2D eigenvalue weighted by molar-refractivity contribution is -0.142. The Morgan fingerprint density at radius 2 is 2.15 bits per heavy atom. The van der Waals surface area contributed by atoms with Gasteiger partial charge in [0.15, 0.2) is 0 Å². The number of carboxylic acid groups (broad SMARTS) is 1. The highest BCUT2D eigenvalue weighted by atomic mass is 16.4. The van der Waals surface area contributed by atoms with E-state index in [4.69, 9.17) is 0 Å². The van der Waals surface area contributed by atoms with Crippen molar-refractivity contribution in [2.24, 2.45) is 18.9 Å². The molecule has 1 aliphatic heterocycles. The van der Waals surface area contributed by atoms with Crippen molar-refractivity contribution >= 4 is 11.9 Å². The number of carbonyl (C=O) groups excluding carboxylic acids is 1. The molecule has 0 saturated carbocycles. The van der Waals surface area contributed by atoms with Gasteiger partial charge in [0.2, 0.25) is 0 Å². The molecule has 6 nitrogen and oxygen atoms in total. The van der Waals surface area contributed by atoms with E-state index < -0.39 is 11.9 Å². The molecule has 1 aromatic rings. The second-order valence-electron chi connectivity index (χ2n) is 5.50. The summed E-state index contributed by atoms with van der Waals surface area (Å²) in [5, 5.41) is 13.4. The first-order valence-electron chi connectivity index (χ1n) is 6.96. The standard InChI is InChI=1S/C14H21N3O3/c1-4-5-10-7-17(8-11(10)14(19)20)13(18)12-6-9(2)15-16(12)3/h6,10-11H,4-5,7-8H2,1-3H3,(H,19,20)/t10-,11-/m1/s1. The van der Waals surface area contributed by atoms with Crippen molar-refractivity contribution in [3.8, 4) is 0 Å². The second kappa shape index (κ2) is 5.64. The van der Waals surface area contributed by atoms with Crippen LogP contribution in [0.3, 0.4) is 0 Å². The molecular weight excluding hydrogens is 258 g/mol. The summed E-state index contributed by atoms with van der Waals surface area (Å²) in [5.74, 6) is -1.33. The van der Waals surface area contributed by atoms with Gasteiger partial charge >= 0.3 is 5.97 Å². The van der Waals surface area contributed by atoms with E-state index in [2.05, 4.69) is 5.10 Å². The van der Waals surface area contributed by atoms with Crippen LogP contribution >= 0.6 is 0 Å². The zero-order chi connectivity index (χ0) is 14.9. The Morgan fingerprint density at radius 1 is 1.45 bits per heavy atom. The zero-order valence-electron chi connectivity index (χ0n) is 12.2. The van der Waals surface area contributed by atoms with Gasteiger partial charge < -0.3 is 10.0 Å². The topological polar surface area (TPSA) is 75.4 Å². The van der Waals surface area contributed by atoms with Crippen molar-refractivity contribution in [2.75, 3.05) is 13.1 Å². The van der Waals surface area contributed by atoms with E-state index in [0.29, 0.717) is 18.8 Å². The molecule has 6 heteroatoms. The minimum Gasteiger partial charge on any atom is -0.481 e. The molecule has 1 aliphatic rings. The minimum atomic E-state index is -0.806. The van der Waals surface area contributed by atoms with Gasteiger partial charge in [-0.25, -0.2) is 0 Å². The Bertz CT molecular complexity index is 524. The summed E-state index contributed by atoms with van der Waals surface area (Å²) in [6, 6.07) is 1.74. The summed E-state index contributed by atoms with van der Waals surface area (Å²) in [6.07, 6.45) is 1.77. The molecule has 0 bridgehead atoms. The number of aromatic nitrogens is 2. The lowest BCUT2D eigenvalue weighted by atomic mass is 9.92.